The van der Waals surface area contributed by atoms with Crippen LogP contribution in [0.2, 0.25) is 5.02 Å². The number of nitrogens with one attached hydrogen (secondary N) is 1. The number of aryl methyl sites for hydroxylation is 3. The molecular formula is C31H38ClN3O4S. The summed E-state index contributed by atoms with van der Waals surface area (Å²) in [4.78, 5) is 29.0. The smallest absolute Gasteiger partial charge is 0.264 e. The van der Waals surface area contributed by atoms with Crippen LogP contribution in [0.25, 0.3) is 0 Å². The normalized spacial score (nSPS) is 12.2. The molecule has 0 aliphatic rings. The number of rotatable bonds is 11. The van der Waals surface area contributed by atoms with Gasteiger partial charge in [-0.15, -0.1) is 0 Å². The Labute approximate surface area is 243 Å². The molecule has 0 saturated heterocycles. The molecule has 40 heavy (non-hydrogen) atoms. The Balaban J connectivity index is 2.12. The maximum Gasteiger partial charge on any atom is 0.264 e. The van der Waals surface area contributed by atoms with Crippen molar-refractivity contribution in [2.45, 2.75) is 71.5 Å². The monoisotopic (exact) mass is 583 g/mol. The summed E-state index contributed by atoms with van der Waals surface area (Å²) in [5, 5.41) is 3.25. The molecular weight excluding hydrogens is 546 g/mol. The van der Waals surface area contributed by atoms with Gasteiger partial charge in [-0.25, -0.2) is 8.42 Å². The van der Waals surface area contributed by atoms with E-state index in [0.29, 0.717) is 22.7 Å². The largest absolute Gasteiger partial charge is 0.352 e. The van der Waals surface area contributed by atoms with Crippen molar-refractivity contribution < 1.29 is 18.0 Å². The number of anilines is 1. The summed E-state index contributed by atoms with van der Waals surface area (Å²) in [6.07, 6.45) is 0.358. The zero-order valence-electron chi connectivity index (χ0n) is 23.9. The molecule has 3 rings (SSSR count). The van der Waals surface area contributed by atoms with Crippen molar-refractivity contribution >= 4 is 39.1 Å². The Morgan fingerprint density at radius 3 is 2.17 bits per heavy atom. The Morgan fingerprint density at radius 1 is 0.925 bits per heavy atom. The molecule has 214 valence electrons. The van der Waals surface area contributed by atoms with Gasteiger partial charge in [0.05, 0.1) is 10.6 Å². The molecule has 2 amide bonds. The van der Waals surface area contributed by atoms with E-state index in [1.807, 2.05) is 58.9 Å². The Bertz CT molecular complexity index is 1460. The second kappa shape index (κ2) is 13.3. The highest BCUT2D eigenvalue weighted by molar-refractivity contribution is 7.92. The second-order valence-electron chi connectivity index (χ2n) is 10.3. The molecule has 0 aliphatic carbocycles. The number of amides is 2. The van der Waals surface area contributed by atoms with Crippen LogP contribution >= 0.6 is 11.6 Å². The highest BCUT2D eigenvalue weighted by Gasteiger charge is 2.34. The summed E-state index contributed by atoms with van der Waals surface area (Å²) in [5.41, 5.74) is 3.69. The first-order chi connectivity index (χ1) is 18.8. The van der Waals surface area contributed by atoms with Gasteiger partial charge in [-0.3, -0.25) is 13.9 Å². The lowest BCUT2D eigenvalue weighted by atomic mass is 10.1. The average Bonchev–Trinajstić information content (AvgIpc) is 2.89. The molecule has 0 aromatic heterocycles. The molecule has 0 saturated carbocycles. The summed E-state index contributed by atoms with van der Waals surface area (Å²) in [7, 11) is -4.16. The summed E-state index contributed by atoms with van der Waals surface area (Å²) >= 11 is 6.29. The van der Waals surface area contributed by atoms with E-state index in [2.05, 4.69) is 5.32 Å². The third kappa shape index (κ3) is 7.43. The second-order valence-corrected chi connectivity index (χ2v) is 12.6. The van der Waals surface area contributed by atoms with Crippen LogP contribution in [-0.4, -0.2) is 43.8 Å². The summed E-state index contributed by atoms with van der Waals surface area (Å²) < 4.78 is 29.2. The van der Waals surface area contributed by atoms with Gasteiger partial charge in [-0.2, -0.15) is 0 Å². The fourth-order valence-corrected chi connectivity index (χ4v) is 6.11. The molecule has 0 unspecified atom stereocenters. The van der Waals surface area contributed by atoms with Crippen molar-refractivity contribution in [3.63, 3.8) is 0 Å². The van der Waals surface area contributed by atoms with E-state index < -0.39 is 28.5 Å². The molecule has 0 radical (unpaired) electrons. The molecule has 0 heterocycles. The first-order valence-corrected chi connectivity index (χ1v) is 15.2. The van der Waals surface area contributed by atoms with Gasteiger partial charge >= 0.3 is 0 Å². The minimum absolute atomic E-state index is 0.0559. The number of hydrogen-bond acceptors (Lipinski definition) is 4. The van der Waals surface area contributed by atoms with Gasteiger partial charge in [0.1, 0.15) is 12.6 Å². The maximum atomic E-state index is 14.2. The summed E-state index contributed by atoms with van der Waals surface area (Å²) in [6.45, 7) is 10.8. The van der Waals surface area contributed by atoms with E-state index in [0.717, 1.165) is 21.0 Å². The minimum atomic E-state index is -4.16. The Morgan fingerprint density at radius 2 is 1.57 bits per heavy atom. The van der Waals surface area contributed by atoms with E-state index in [1.54, 1.807) is 37.3 Å². The van der Waals surface area contributed by atoms with Crippen molar-refractivity contribution in [1.82, 2.24) is 10.2 Å². The predicted molar refractivity (Wildman–Crippen MR) is 161 cm³/mol. The minimum Gasteiger partial charge on any atom is -0.352 e. The molecule has 0 bridgehead atoms. The number of carbonyl (C=O) groups is 2. The van der Waals surface area contributed by atoms with Crippen LogP contribution in [0.1, 0.15) is 49.4 Å². The van der Waals surface area contributed by atoms with Crippen molar-refractivity contribution in [3.8, 4) is 0 Å². The van der Waals surface area contributed by atoms with Crippen LogP contribution in [0.5, 0.6) is 0 Å². The van der Waals surface area contributed by atoms with Crippen LogP contribution < -0.4 is 9.62 Å². The lowest BCUT2D eigenvalue weighted by Gasteiger charge is -2.34. The summed E-state index contributed by atoms with van der Waals surface area (Å²) in [6, 6.07) is 18.1. The van der Waals surface area contributed by atoms with Gasteiger partial charge < -0.3 is 10.2 Å². The fourth-order valence-electron chi connectivity index (χ4n) is 4.47. The number of benzene rings is 3. The molecule has 7 nitrogen and oxygen atoms in total. The van der Waals surface area contributed by atoms with E-state index in [-0.39, 0.29) is 23.4 Å². The van der Waals surface area contributed by atoms with Crippen molar-refractivity contribution in [2.75, 3.05) is 10.8 Å². The Hall–Kier alpha value is -3.36. The van der Waals surface area contributed by atoms with E-state index >= 15 is 0 Å². The molecule has 3 aromatic carbocycles. The zero-order chi connectivity index (χ0) is 29.6. The first-order valence-electron chi connectivity index (χ1n) is 13.3. The van der Waals surface area contributed by atoms with Crippen LogP contribution in [0.3, 0.4) is 0 Å². The van der Waals surface area contributed by atoms with Gasteiger partial charge in [0.2, 0.25) is 11.8 Å². The highest BCUT2D eigenvalue weighted by Crippen LogP contribution is 2.30. The SMILES string of the molecule is CC[C@H](C(=O)NC(C)C)N(Cc1ccccc1C)C(=O)CN(c1cc(Cl)ccc1C)S(=O)(=O)c1ccc(C)cc1. The number of carbonyl (C=O) groups excluding carboxylic acids is 2. The molecule has 0 fully saturated rings. The molecule has 3 aromatic rings. The standard InChI is InChI=1S/C31H38ClN3O4S/c1-7-28(31(37)33-21(2)3)34(19-25-11-9-8-10-23(25)5)30(36)20-35(29-18-26(32)15-14-24(29)6)40(38,39)27-16-12-22(4)13-17-27/h8-18,21,28H,7,19-20H2,1-6H3,(H,33,37)/t28-/m1/s1. The number of hydrogen-bond donors (Lipinski definition) is 1. The third-order valence-corrected chi connectivity index (χ3v) is 8.76. The Kier molecular flexibility index (Phi) is 10.4. The third-order valence-electron chi connectivity index (χ3n) is 6.75. The lowest BCUT2D eigenvalue weighted by molar-refractivity contribution is -0.140. The topological polar surface area (TPSA) is 86.8 Å². The molecule has 9 heteroatoms. The maximum absolute atomic E-state index is 14.2. The first kappa shape index (κ1) is 31.2. The molecule has 0 aliphatic heterocycles. The van der Waals surface area contributed by atoms with Gasteiger partial charge in [0.25, 0.3) is 10.0 Å². The van der Waals surface area contributed by atoms with Crippen LogP contribution in [-0.2, 0) is 26.2 Å². The van der Waals surface area contributed by atoms with E-state index in [4.69, 9.17) is 11.6 Å². The van der Waals surface area contributed by atoms with Crippen LogP contribution in [0, 0.1) is 20.8 Å². The highest BCUT2D eigenvalue weighted by atomic mass is 35.5. The van der Waals surface area contributed by atoms with Crippen molar-refractivity contribution in [2.24, 2.45) is 0 Å². The van der Waals surface area contributed by atoms with Gasteiger partial charge in [-0.1, -0.05) is 66.6 Å². The van der Waals surface area contributed by atoms with Gasteiger partial charge in [-0.05, 0) is 82.0 Å². The number of nitrogens with zero attached hydrogens (tertiary/aromatic N) is 2. The quantitative estimate of drug-likeness (QED) is 0.309. The van der Waals surface area contributed by atoms with Crippen molar-refractivity contribution in [3.05, 3.63) is 94.0 Å². The fraction of sp³-hybridized carbons (Fsp3) is 0.355. The van der Waals surface area contributed by atoms with E-state index in [1.165, 1.54) is 17.0 Å². The number of sulfonamides is 1. The number of halogens is 1. The van der Waals surface area contributed by atoms with Crippen LogP contribution in [0.4, 0.5) is 5.69 Å². The lowest BCUT2D eigenvalue weighted by Crippen LogP contribution is -2.53. The predicted octanol–water partition coefficient (Wildman–Crippen LogP) is 5.79. The summed E-state index contributed by atoms with van der Waals surface area (Å²) in [5.74, 6) is -0.782. The average molecular weight is 584 g/mol. The van der Waals surface area contributed by atoms with Gasteiger partial charge in [0.15, 0.2) is 0 Å². The van der Waals surface area contributed by atoms with Crippen LogP contribution in [0.15, 0.2) is 71.6 Å². The van der Waals surface area contributed by atoms with E-state index in [9.17, 15) is 18.0 Å². The molecule has 1 N–H and O–H groups in total. The van der Waals surface area contributed by atoms with Gasteiger partial charge in [0, 0.05) is 17.6 Å². The zero-order valence-corrected chi connectivity index (χ0v) is 25.5. The van der Waals surface area contributed by atoms with Crippen molar-refractivity contribution in [1.29, 1.82) is 0 Å². The molecule has 0 spiro atoms. The molecule has 1 atom stereocenters.